The highest BCUT2D eigenvalue weighted by Crippen LogP contribution is 2.25. The molecule has 0 N–H and O–H groups in total. The van der Waals surface area contributed by atoms with Gasteiger partial charge in [0.25, 0.3) is 0 Å². The normalized spacial score (nSPS) is 10.3. The zero-order valence-electron chi connectivity index (χ0n) is 9.70. The molecule has 0 bridgehead atoms. The van der Waals surface area contributed by atoms with Crippen molar-refractivity contribution in [2.75, 3.05) is 0 Å². The maximum atomic E-state index is 12.3. The summed E-state index contributed by atoms with van der Waals surface area (Å²) in [5.74, 6) is -0.0516. The summed E-state index contributed by atoms with van der Waals surface area (Å²) in [4.78, 5) is 16.4. The minimum absolute atomic E-state index is 0.0516. The molecule has 0 aliphatic heterocycles. The van der Waals surface area contributed by atoms with Crippen molar-refractivity contribution in [1.82, 2.24) is 4.98 Å². The average Bonchev–Trinajstić information content (AvgIpc) is 2.34. The third-order valence-corrected chi connectivity index (χ3v) is 3.59. The van der Waals surface area contributed by atoms with Crippen molar-refractivity contribution in [3.8, 4) is 0 Å². The van der Waals surface area contributed by atoms with Crippen molar-refractivity contribution in [1.29, 1.82) is 0 Å². The molecule has 1 aromatic carbocycles. The van der Waals surface area contributed by atoms with Crippen LogP contribution in [0.5, 0.6) is 0 Å². The first kappa shape index (κ1) is 12.0. The van der Waals surface area contributed by atoms with Gasteiger partial charge in [-0.25, -0.2) is 0 Å². The lowest BCUT2D eigenvalue weighted by Crippen LogP contribution is -2.05. The number of halogens is 1. The molecule has 0 saturated heterocycles. The number of ketones is 1. The van der Waals surface area contributed by atoms with Crippen LogP contribution >= 0.6 is 15.9 Å². The Bertz CT molecular complexity index is 564. The molecular formula is C14H12BrNO. The first-order valence-electron chi connectivity index (χ1n) is 5.32. The van der Waals surface area contributed by atoms with E-state index < -0.39 is 0 Å². The van der Waals surface area contributed by atoms with Crippen molar-refractivity contribution >= 4 is 21.7 Å². The van der Waals surface area contributed by atoms with Gasteiger partial charge in [-0.2, -0.15) is 0 Å². The Morgan fingerprint density at radius 2 is 2.00 bits per heavy atom. The molecule has 1 aromatic heterocycles. The zero-order valence-corrected chi connectivity index (χ0v) is 11.3. The number of aryl methyl sites for hydroxylation is 2. The average molecular weight is 290 g/mol. The van der Waals surface area contributed by atoms with Crippen LogP contribution < -0.4 is 0 Å². The molecule has 0 fully saturated rings. The molecular weight excluding hydrogens is 278 g/mol. The molecule has 0 aliphatic carbocycles. The number of benzene rings is 1. The molecule has 0 amide bonds. The van der Waals surface area contributed by atoms with Crippen molar-refractivity contribution in [3.63, 3.8) is 0 Å². The highest BCUT2D eigenvalue weighted by atomic mass is 79.9. The zero-order chi connectivity index (χ0) is 12.4. The molecule has 2 aromatic rings. The van der Waals surface area contributed by atoms with Crippen molar-refractivity contribution in [2.45, 2.75) is 13.8 Å². The fraction of sp³-hybridized carbons (Fsp3) is 0.143. The van der Waals surface area contributed by atoms with E-state index in [1.165, 1.54) is 0 Å². The van der Waals surface area contributed by atoms with E-state index in [1.54, 1.807) is 18.3 Å². The van der Waals surface area contributed by atoms with E-state index in [9.17, 15) is 4.79 Å². The first-order chi connectivity index (χ1) is 8.09. The lowest BCUT2D eigenvalue weighted by Gasteiger charge is -2.07. The second-order valence-corrected chi connectivity index (χ2v) is 4.78. The Morgan fingerprint density at radius 1 is 1.24 bits per heavy atom. The van der Waals surface area contributed by atoms with Crippen molar-refractivity contribution in [3.05, 3.63) is 63.4 Å². The van der Waals surface area contributed by atoms with E-state index in [2.05, 4.69) is 20.9 Å². The molecule has 0 aliphatic rings. The van der Waals surface area contributed by atoms with Crippen LogP contribution in [-0.2, 0) is 0 Å². The summed E-state index contributed by atoms with van der Waals surface area (Å²) < 4.78 is 0.846. The predicted octanol–water partition coefficient (Wildman–Crippen LogP) is 3.69. The summed E-state index contributed by atoms with van der Waals surface area (Å²) in [6.07, 6.45) is 1.63. The van der Waals surface area contributed by atoms with Gasteiger partial charge in [0.15, 0.2) is 0 Å². The highest BCUT2D eigenvalue weighted by molar-refractivity contribution is 9.10. The topological polar surface area (TPSA) is 30.0 Å². The molecule has 0 radical (unpaired) electrons. The Kier molecular flexibility index (Phi) is 3.38. The van der Waals surface area contributed by atoms with Gasteiger partial charge < -0.3 is 0 Å². The Balaban J connectivity index is 2.52. The van der Waals surface area contributed by atoms with Crippen molar-refractivity contribution < 1.29 is 4.79 Å². The second kappa shape index (κ2) is 4.80. The van der Waals surface area contributed by atoms with Crippen LogP contribution in [0.3, 0.4) is 0 Å². The fourth-order valence-electron chi connectivity index (χ4n) is 1.75. The van der Waals surface area contributed by atoms with Crippen LogP contribution in [-0.4, -0.2) is 10.8 Å². The number of aromatic nitrogens is 1. The first-order valence-corrected chi connectivity index (χ1v) is 6.11. The van der Waals surface area contributed by atoms with Gasteiger partial charge in [-0.05, 0) is 53.5 Å². The summed E-state index contributed by atoms with van der Waals surface area (Å²) in [5.41, 5.74) is 3.27. The molecule has 2 nitrogen and oxygen atoms in total. The van der Waals surface area contributed by atoms with E-state index in [4.69, 9.17) is 0 Å². The Morgan fingerprint density at radius 3 is 2.65 bits per heavy atom. The number of nitrogens with zero attached hydrogens (tertiary/aromatic N) is 1. The number of carbonyl (C=O) groups is 1. The molecule has 2 rings (SSSR count). The van der Waals surface area contributed by atoms with Gasteiger partial charge in [-0.3, -0.25) is 9.78 Å². The quantitative estimate of drug-likeness (QED) is 0.789. The molecule has 1 heterocycles. The number of pyridine rings is 1. The third-order valence-electron chi connectivity index (χ3n) is 2.54. The van der Waals surface area contributed by atoms with E-state index in [-0.39, 0.29) is 5.78 Å². The number of carbonyl (C=O) groups excluding carboxylic acids is 1. The number of hydrogen-bond acceptors (Lipinski definition) is 2. The summed E-state index contributed by atoms with van der Waals surface area (Å²) >= 11 is 3.46. The molecule has 3 heteroatoms. The summed E-state index contributed by atoms with van der Waals surface area (Å²) in [7, 11) is 0. The summed E-state index contributed by atoms with van der Waals surface area (Å²) in [6, 6.07) is 9.27. The maximum Gasteiger partial charge on any atom is 0.212 e. The lowest BCUT2D eigenvalue weighted by molar-refractivity contribution is 0.103. The predicted molar refractivity (Wildman–Crippen MR) is 71.3 cm³/mol. The molecule has 0 unspecified atom stereocenters. The standard InChI is InChI=1S/C14H12BrNO/c1-9-7-10(2)13(15)11(8-9)14(17)12-5-3-4-6-16-12/h3-8H,1-2H3. The van der Waals surface area contributed by atoms with Crippen molar-refractivity contribution in [2.24, 2.45) is 0 Å². The minimum atomic E-state index is -0.0516. The third kappa shape index (κ3) is 2.44. The van der Waals surface area contributed by atoms with Gasteiger partial charge in [0.05, 0.1) is 0 Å². The van der Waals surface area contributed by atoms with E-state index in [1.807, 2.05) is 32.0 Å². The molecule has 86 valence electrons. The van der Waals surface area contributed by atoms with E-state index in [0.717, 1.165) is 15.6 Å². The Hall–Kier alpha value is -1.48. The smallest absolute Gasteiger partial charge is 0.212 e. The summed E-state index contributed by atoms with van der Waals surface area (Å²) in [6.45, 7) is 3.96. The van der Waals surface area contributed by atoms with E-state index >= 15 is 0 Å². The second-order valence-electron chi connectivity index (χ2n) is 3.99. The van der Waals surface area contributed by atoms with Crippen LogP contribution in [0.2, 0.25) is 0 Å². The van der Waals surface area contributed by atoms with Gasteiger partial charge >= 0.3 is 0 Å². The van der Waals surface area contributed by atoms with E-state index in [0.29, 0.717) is 11.3 Å². The van der Waals surface area contributed by atoms with Gasteiger partial charge in [0.1, 0.15) is 5.69 Å². The lowest BCUT2D eigenvalue weighted by atomic mass is 10.0. The van der Waals surface area contributed by atoms with Crippen LogP contribution in [0.4, 0.5) is 0 Å². The monoisotopic (exact) mass is 289 g/mol. The largest absolute Gasteiger partial charge is 0.287 e. The molecule has 0 spiro atoms. The van der Waals surface area contributed by atoms with Crippen LogP contribution in [0.15, 0.2) is 41.0 Å². The van der Waals surface area contributed by atoms with Gasteiger partial charge in [-0.15, -0.1) is 0 Å². The van der Waals surface area contributed by atoms with Crippen LogP contribution in [0.25, 0.3) is 0 Å². The molecule has 0 saturated carbocycles. The minimum Gasteiger partial charge on any atom is -0.287 e. The summed E-state index contributed by atoms with van der Waals surface area (Å²) in [5, 5.41) is 0. The Labute approximate surface area is 109 Å². The number of hydrogen-bond donors (Lipinski definition) is 0. The fourth-order valence-corrected chi connectivity index (χ4v) is 2.16. The SMILES string of the molecule is Cc1cc(C)c(Br)c(C(=O)c2ccccn2)c1. The van der Waals surface area contributed by atoms with Gasteiger partial charge in [0.2, 0.25) is 5.78 Å². The molecule has 17 heavy (non-hydrogen) atoms. The van der Waals surface area contributed by atoms with Crippen LogP contribution in [0, 0.1) is 13.8 Å². The molecule has 0 atom stereocenters. The number of rotatable bonds is 2. The van der Waals surface area contributed by atoms with Crippen LogP contribution in [0.1, 0.15) is 27.2 Å². The maximum absolute atomic E-state index is 12.3. The highest BCUT2D eigenvalue weighted by Gasteiger charge is 2.15. The van der Waals surface area contributed by atoms with Gasteiger partial charge in [0, 0.05) is 16.2 Å². The van der Waals surface area contributed by atoms with Gasteiger partial charge in [-0.1, -0.05) is 17.7 Å².